The molecular weight excluding hydrogens is 338 g/mol. The number of carbonyl (C=O) groups excluding carboxylic acids is 3. The van der Waals surface area contributed by atoms with E-state index in [4.69, 9.17) is 14.3 Å². The Bertz CT molecular complexity index is 699. The summed E-state index contributed by atoms with van der Waals surface area (Å²) in [5.41, 5.74) is 0.438. The van der Waals surface area contributed by atoms with E-state index in [1.165, 1.54) is 0 Å². The van der Waals surface area contributed by atoms with Crippen LogP contribution in [0.3, 0.4) is 0 Å². The molecule has 7 nitrogen and oxygen atoms in total. The van der Waals surface area contributed by atoms with Gasteiger partial charge >= 0.3 is 17.9 Å². The Hall–Kier alpha value is -2.70. The Balaban J connectivity index is 1.34. The Labute approximate surface area is 151 Å². The smallest absolute Gasteiger partial charge is 0.364 e. The van der Waals surface area contributed by atoms with Crippen LogP contribution in [0.5, 0.6) is 0 Å². The lowest BCUT2D eigenvalue weighted by atomic mass is 10.0. The highest BCUT2D eigenvalue weighted by atomic mass is 16.6. The van der Waals surface area contributed by atoms with E-state index >= 15 is 0 Å². The van der Waals surface area contributed by atoms with E-state index in [0.29, 0.717) is 18.4 Å². The minimum atomic E-state index is -0.765. The maximum absolute atomic E-state index is 12.0. The molecule has 2 unspecified atom stereocenters. The lowest BCUT2D eigenvalue weighted by molar-refractivity contribution is -0.141. The SMILES string of the molecule is O=C1CCC(CCCCC2CC(C(=O)OC(=O)c3ccccc3)=NO2)O1. The molecule has 1 aromatic carbocycles. The highest BCUT2D eigenvalue weighted by Crippen LogP contribution is 2.22. The first-order valence-corrected chi connectivity index (χ1v) is 8.85. The first-order valence-electron chi connectivity index (χ1n) is 8.85. The van der Waals surface area contributed by atoms with Crippen LogP contribution >= 0.6 is 0 Å². The van der Waals surface area contributed by atoms with Crippen molar-refractivity contribution in [2.75, 3.05) is 0 Å². The molecule has 3 rings (SSSR count). The second-order valence-electron chi connectivity index (χ2n) is 6.45. The summed E-state index contributed by atoms with van der Waals surface area (Å²) in [7, 11) is 0. The zero-order valence-electron chi connectivity index (χ0n) is 14.4. The summed E-state index contributed by atoms with van der Waals surface area (Å²) in [6.07, 6.45) is 4.90. The van der Waals surface area contributed by atoms with Crippen molar-refractivity contribution < 1.29 is 28.7 Å². The molecular formula is C19H21NO6. The number of unbranched alkanes of at least 4 members (excludes halogenated alkanes) is 1. The van der Waals surface area contributed by atoms with Gasteiger partial charge in [0.2, 0.25) is 0 Å². The molecule has 0 radical (unpaired) electrons. The molecule has 0 aliphatic carbocycles. The normalized spacial score (nSPS) is 21.7. The molecule has 0 N–H and O–H groups in total. The Morgan fingerprint density at radius 3 is 2.50 bits per heavy atom. The number of hydrogen-bond acceptors (Lipinski definition) is 7. The maximum atomic E-state index is 12.0. The van der Waals surface area contributed by atoms with E-state index < -0.39 is 11.9 Å². The highest BCUT2D eigenvalue weighted by molar-refractivity contribution is 6.38. The van der Waals surface area contributed by atoms with Crippen LogP contribution in [0.2, 0.25) is 0 Å². The number of benzene rings is 1. The van der Waals surface area contributed by atoms with E-state index in [9.17, 15) is 14.4 Å². The first kappa shape index (κ1) is 18.1. The molecule has 26 heavy (non-hydrogen) atoms. The molecule has 1 fully saturated rings. The van der Waals surface area contributed by atoms with Crippen LogP contribution < -0.4 is 0 Å². The van der Waals surface area contributed by atoms with Crippen molar-refractivity contribution in [2.45, 2.75) is 57.2 Å². The summed E-state index contributed by atoms with van der Waals surface area (Å²) in [5.74, 6) is -1.58. The number of oxime groups is 1. The van der Waals surface area contributed by atoms with Gasteiger partial charge in [0.05, 0.1) is 5.56 Å². The molecule has 0 spiro atoms. The molecule has 2 aliphatic heterocycles. The fourth-order valence-electron chi connectivity index (χ4n) is 3.01. The van der Waals surface area contributed by atoms with Crippen LogP contribution in [0, 0.1) is 0 Å². The standard InChI is InChI=1S/C19H21NO6/c21-17-11-10-14(24-17)8-4-5-9-15-12-16(20-26-15)19(23)25-18(22)13-6-2-1-3-7-13/h1-3,6-7,14-15H,4-5,8-12H2. The lowest BCUT2D eigenvalue weighted by Gasteiger charge is -2.10. The minimum Gasteiger partial charge on any atom is -0.462 e. The predicted molar refractivity (Wildman–Crippen MR) is 91.4 cm³/mol. The summed E-state index contributed by atoms with van der Waals surface area (Å²) in [5, 5.41) is 3.75. The van der Waals surface area contributed by atoms with Gasteiger partial charge in [-0.25, -0.2) is 9.59 Å². The van der Waals surface area contributed by atoms with Crippen molar-refractivity contribution in [3.63, 3.8) is 0 Å². The highest BCUT2D eigenvalue weighted by Gasteiger charge is 2.29. The number of cyclic esters (lactones) is 1. The lowest BCUT2D eigenvalue weighted by Crippen LogP contribution is -2.21. The fourth-order valence-corrected chi connectivity index (χ4v) is 3.01. The van der Waals surface area contributed by atoms with Crippen LogP contribution in [0.25, 0.3) is 0 Å². The van der Waals surface area contributed by atoms with Crippen LogP contribution in [0.4, 0.5) is 0 Å². The molecule has 1 aromatic rings. The van der Waals surface area contributed by atoms with Gasteiger partial charge in [-0.05, 0) is 44.2 Å². The third kappa shape index (κ3) is 4.91. The summed E-state index contributed by atoms with van der Waals surface area (Å²) in [4.78, 5) is 40.2. The van der Waals surface area contributed by atoms with E-state index in [0.717, 1.165) is 32.1 Å². The Morgan fingerprint density at radius 1 is 1.08 bits per heavy atom. The summed E-state index contributed by atoms with van der Waals surface area (Å²) >= 11 is 0. The number of nitrogens with zero attached hydrogens (tertiary/aromatic N) is 1. The number of esters is 3. The van der Waals surface area contributed by atoms with Crippen molar-refractivity contribution >= 4 is 23.6 Å². The topological polar surface area (TPSA) is 91.3 Å². The van der Waals surface area contributed by atoms with Gasteiger partial charge < -0.3 is 14.3 Å². The zero-order valence-corrected chi connectivity index (χ0v) is 14.4. The number of rotatable bonds is 7. The molecule has 2 heterocycles. The molecule has 0 saturated carbocycles. The minimum absolute atomic E-state index is 0.0396. The van der Waals surface area contributed by atoms with Gasteiger partial charge in [-0.15, -0.1) is 0 Å². The zero-order chi connectivity index (χ0) is 18.4. The van der Waals surface area contributed by atoms with Crippen molar-refractivity contribution in [1.82, 2.24) is 0 Å². The molecule has 7 heteroatoms. The van der Waals surface area contributed by atoms with Gasteiger partial charge in [0.15, 0.2) is 5.71 Å². The summed E-state index contributed by atoms with van der Waals surface area (Å²) in [6, 6.07) is 8.31. The first-order chi connectivity index (χ1) is 12.6. The summed E-state index contributed by atoms with van der Waals surface area (Å²) in [6.45, 7) is 0. The molecule has 2 aliphatic rings. The van der Waals surface area contributed by atoms with Gasteiger partial charge in [0, 0.05) is 12.8 Å². The summed E-state index contributed by atoms with van der Waals surface area (Å²) < 4.78 is 10.0. The van der Waals surface area contributed by atoms with Crippen molar-refractivity contribution in [2.24, 2.45) is 5.16 Å². The Morgan fingerprint density at radius 2 is 1.81 bits per heavy atom. The quantitative estimate of drug-likeness (QED) is 0.422. The van der Waals surface area contributed by atoms with E-state index in [-0.39, 0.29) is 23.9 Å². The molecule has 0 aromatic heterocycles. The number of hydrogen-bond donors (Lipinski definition) is 0. The largest absolute Gasteiger partial charge is 0.462 e. The van der Waals surface area contributed by atoms with Crippen molar-refractivity contribution in [3.05, 3.63) is 35.9 Å². The molecule has 138 valence electrons. The van der Waals surface area contributed by atoms with Gasteiger partial charge in [-0.2, -0.15) is 0 Å². The third-order valence-corrected chi connectivity index (χ3v) is 4.43. The molecule has 0 bridgehead atoms. The number of ether oxygens (including phenoxy) is 2. The molecule has 2 atom stereocenters. The van der Waals surface area contributed by atoms with Gasteiger partial charge in [0.1, 0.15) is 12.2 Å². The van der Waals surface area contributed by atoms with Crippen LogP contribution in [-0.4, -0.2) is 35.8 Å². The van der Waals surface area contributed by atoms with Crippen LogP contribution in [-0.2, 0) is 23.9 Å². The molecule has 1 saturated heterocycles. The van der Waals surface area contributed by atoms with Crippen molar-refractivity contribution in [3.8, 4) is 0 Å². The average Bonchev–Trinajstić information content (AvgIpc) is 3.28. The van der Waals surface area contributed by atoms with Crippen LogP contribution in [0.15, 0.2) is 35.5 Å². The van der Waals surface area contributed by atoms with Crippen molar-refractivity contribution in [1.29, 1.82) is 0 Å². The van der Waals surface area contributed by atoms with Gasteiger partial charge in [0.25, 0.3) is 0 Å². The second kappa shape index (κ2) is 8.60. The average molecular weight is 359 g/mol. The van der Waals surface area contributed by atoms with E-state index in [1.807, 2.05) is 0 Å². The fraction of sp³-hybridized carbons (Fsp3) is 0.474. The predicted octanol–water partition coefficient (Wildman–Crippen LogP) is 2.78. The third-order valence-electron chi connectivity index (χ3n) is 4.43. The molecule has 0 amide bonds. The van der Waals surface area contributed by atoms with Crippen LogP contribution in [0.1, 0.15) is 55.3 Å². The van der Waals surface area contributed by atoms with Gasteiger partial charge in [-0.1, -0.05) is 23.4 Å². The van der Waals surface area contributed by atoms with Gasteiger partial charge in [-0.3, -0.25) is 4.79 Å². The van der Waals surface area contributed by atoms with E-state index in [1.54, 1.807) is 30.3 Å². The second-order valence-corrected chi connectivity index (χ2v) is 6.45. The number of carbonyl (C=O) groups is 3. The van der Waals surface area contributed by atoms with E-state index in [2.05, 4.69) is 5.16 Å². The monoisotopic (exact) mass is 359 g/mol. The maximum Gasteiger partial charge on any atom is 0.364 e. The Kier molecular flexibility index (Phi) is 5.99.